The van der Waals surface area contributed by atoms with E-state index in [1.54, 1.807) is 25.2 Å². The Morgan fingerprint density at radius 3 is 2.67 bits per heavy atom. The van der Waals surface area contributed by atoms with Crippen molar-refractivity contribution < 1.29 is 14.3 Å². The van der Waals surface area contributed by atoms with E-state index in [1.807, 2.05) is 30.1 Å². The van der Waals surface area contributed by atoms with E-state index in [4.69, 9.17) is 21.1 Å². The van der Waals surface area contributed by atoms with Crippen molar-refractivity contribution in [2.45, 2.75) is 18.8 Å². The topological polar surface area (TPSA) is 42.0 Å². The maximum absolute atomic E-state index is 12.6. The van der Waals surface area contributed by atoms with Crippen LogP contribution in [0.2, 0.25) is 5.02 Å². The van der Waals surface area contributed by atoms with Crippen LogP contribution in [0, 0.1) is 0 Å². The highest BCUT2D eigenvalue weighted by Crippen LogP contribution is 2.30. The maximum atomic E-state index is 12.6. The van der Waals surface area contributed by atoms with Crippen LogP contribution in [0.5, 0.6) is 0 Å². The van der Waals surface area contributed by atoms with Crippen molar-refractivity contribution in [3.8, 4) is 0 Å². The van der Waals surface area contributed by atoms with Gasteiger partial charge in [-0.3, -0.25) is 9.69 Å². The van der Waals surface area contributed by atoms with Crippen LogP contribution in [-0.2, 0) is 14.3 Å². The van der Waals surface area contributed by atoms with Gasteiger partial charge in [-0.1, -0.05) is 23.7 Å². The molecule has 2 rings (SSSR count). The molecule has 0 radical (unpaired) electrons. The number of likely N-dealkylation sites (N-methyl/N-ethyl adjacent to an activating group) is 1. The fourth-order valence-corrected chi connectivity index (χ4v) is 2.83. The van der Waals surface area contributed by atoms with Crippen LogP contribution < -0.4 is 4.90 Å². The summed E-state index contributed by atoms with van der Waals surface area (Å²) in [4.78, 5) is 16.3. The van der Waals surface area contributed by atoms with Crippen molar-refractivity contribution in [1.29, 1.82) is 0 Å². The lowest BCUT2D eigenvalue weighted by atomic mass is 10.2. The Hall–Kier alpha value is -1.14. The van der Waals surface area contributed by atoms with Gasteiger partial charge < -0.3 is 14.4 Å². The minimum atomic E-state index is -0.336. The third kappa shape index (κ3) is 3.55. The van der Waals surface area contributed by atoms with E-state index in [0.29, 0.717) is 18.1 Å². The average molecular weight is 313 g/mol. The maximum Gasteiger partial charge on any atom is 0.244 e. The van der Waals surface area contributed by atoms with Gasteiger partial charge >= 0.3 is 0 Å². The van der Waals surface area contributed by atoms with Gasteiger partial charge in [-0.05, 0) is 25.6 Å². The molecule has 1 atom stereocenters. The fourth-order valence-electron chi connectivity index (χ4n) is 2.59. The van der Waals surface area contributed by atoms with Crippen molar-refractivity contribution in [3.05, 3.63) is 29.3 Å². The van der Waals surface area contributed by atoms with Gasteiger partial charge in [0.05, 0.1) is 16.8 Å². The Kier molecular flexibility index (Phi) is 5.58. The summed E-state index contributed by atoms with van der Waals surface area (Å²) in [6, 6.07) is 7.24. The first-order valence-corrected chi connectivity index (χ1v) is 7.28. The zero-order valence-electron chi connectivity index (χ0n) is 12.6. The van der Waals surface area contributed by atoms with Gasteiger partial charge in [-0.25, -0.2) is 0 Å². The second-order valence-electron chi connectivity index (χ2n) is 5.09. The van der Waals surface area contributed by atoms with Crippen LogP contribution in [0.3, 0.4) is 0 Å². The highest BCUT2D eigenvalue weighted by molar-refractivity contribution is 6.33. The standard InChI is InChI=1S/C15H21ClN2O3/c1-17(10-14(20-2)21-3)13-8-9-18(15(13)19)12-7-5-4-6-11(12)16/h4-7,13-14H,8-10H2,1-3H3. The van der Waals surface area contributed by atoms with Gasteiger partial charge in [0.25, 0.3) is 0 Å². The highest BCUT2D eigenvalue weighted by atomic mass is 35.5. The smallest absolute Gasteiger partial charge is 0.244 e. The van der Waals surface area contributed by atoms with Gasteiger partial charge in [-0.2, -0.15) is 0 Å². The highest BCUT2D eigenvalue weighted by Gasteiger charge is 2.36. The summed E-state index contributed by atoms with van der Waals surface area (Å²) >= 11 is 6.18. The van der Waals surface area contributed by atoms with Gasteiger partial charge in [-0.15, -0.1) is 0 Å². The number of halogens is 1. The number of carbonyl (C=O) groups is 1. The molecule has 0 aromatic heterocycles. The summed E-state index contributed by atoms with van der Waals surface area (Å²) in [5.74, 6) is 0.0663. The number of para-hydroxylation sites is 1. The van der Waals surface area contributed by atoms with Crippen molar-refractivity contribution in [2.24, 2.45) is 0 Å². The number of amides is 1. The minimum Gasteiger partial charge on any atom is -0.355 e. The number of methoxy groups -OCH3 is 2. The lowest BCUT2D eigenvalue weighted by Crippen LogP contribution is -2.43. The van der Waals surface area contributed by atoms with Crippen LogP contribution in [0.4, 0.5) is 5.69 Å². The first-order valence-electron chi connectivity index (χ1n) is 6.90. The molecule has 1 saturated heterocycles. The Balaban J connectivity index is 2.06. The molecule has 6 heteroatoms. The molecule has 1 heterocycles. The average Bonchev–Trinajstić information content (AvgIpc) is 2.87. The van der Waals surface area contributed by atoms with Gasteiger partial charge in [0.2, 0.25) is 5.91 Å². The molecule has 1 unspecified atom stereocenters. The molecule has 1 fully saturated rings. The molecule has 1 aromatic rings. The van der Waals surface area contributed by atoms with Crippen LogP contribution in [0.1, 0.15) is 6.42 Å². The number of carbonyl (C=O) groups excluding carboxylic acids is 1. The summed E-state index contributed by atoms with van der Waals surface area (Å²) in [6.45, 7) is 1.21. The summed E-state index contributed by atoms with van der Waals surface area (Å²) in [6.07, 6.45) is 0.429. The van der Waals surface area contributed by atoms with Crippen molar-refractivity contribution in [1.82, 2.24) is 4.90 Å². The van der Waals surface area contributed by atoms with Crippen molar-refractivity contribution in [2.75, 3.05) is 39.3 Å². The molecule has 0 bridgehead atoms. The summed E-state index contributed by atoms with van der Waals surface area (Å²) < 4.78 is 10.4. The normalized spacial score (nSPS) is 19.0. The van der Waals surface area contributed by atoms with Crippen molar-refractivity contribution in [3.63, 3.8) is 0 Å². The van der Waals surface area contributed by atoms with E-state index in [0.717, 1.165) is 12.1 Å². The minimum absolute atomic E-state index is 0.0663. The quantitative estimate of drug-likeness (QED) is 0.754. The van der Waals surface area contributed by atoms with Crippen molar-refractivity contribution >= 4 is 23.2 Å². The number of benzene rings is 1. The van der Waals surface area contributed by atoms with Gasteiger partial charge in [0.15, 0.2) is 6.29 Å². The number of hydrogen-bond acceptors (Lipinski definition) is 4. The first kappa shape index (κ1) is 16.2. The predicted molar refractivity (Wildman–Crippen MR) is 82.6 cm³/mol. The molecular weight excluding hydrogens is 292 g/mol. The molecule has 1 aliphatic heterocycles. The molecule has 0 aliphatic carbocycles. The van der Waals surface area contributed by atoms with E-state index in [1.165, 1.54) is 0 Å². The zero-order valence-corrected chi connectivity index (χ0v) is 13.3. The molecule has 0 N–H and O–H groups in total. The molecule has 1 amide bonds. The van der Waals surface area contributed by atoms with Crippen LogP contribution in [0.25, 0.3) is 0 Å². The zero-order chi connectivity index (χ0) is 15.4. The van der Waals surface area contributed by atoms with Crippen LogP contribution >= 0.6 is 11.6 Å². The number of hydrogen-bond donors (Lipinski definition) is 0. The third-order valence-corrected chi connectivity index (χ3v) is 4.13. The number of nitrogens with zero attached hydrogens (tertiary/aromatic N) is 2. The van der Waals surface area contributed by atoms with E-state index >= 15 is 0 Å². The molecule has 0 spiro atoms. The first-order chi connectivity index (χ1) is 10.1. The number of anilines is 1. The predicted octanol–water partition coefficient (Wildman–Crippen LogP) is 2.00. The summed E-state index contributed by atoms with van der Waals surface area (Å²) in [5.41, 5.74) is 0.773. The van der Waals surface area contributed by atoms with E-state index in [9.17, 15) is 4.79 Å². The largest absolute Gasteiger partial charge is 0.355 e. The van der Waals surface area contributed by atoms with Gasteiger partial charge in [0.1, 0.15) is 0 Å². The Bertz CT molecular complexity index is 494. The summed E-state index contributed by atoms with van der Waals surface area (Å²) in [7, 11) is 5.09. The molecule has 1 aliphatic rings. The Labute approximate surface area is 130 Å². The molecule has 116 valence electrons. The van der Waals surface area contributed by atoms with Crippen LogP contribution in [0.15, 0.2) is 24.3 Å². The Morgan fingerprint density at radius 1 is 1.38 bits per heavy atom. The van der Waals surface area contributed by atoms with E-state index in [-0.39, 0.29) is 18.2 Å². The number of rotatable bonds is 6. The SMILES string of the molecule is COC(CN(C)C1CCN(c2ccccc2Cl)C1=O)OC. The second-order valence-corrected chi connectivity index (χ2v) is 5.49. The lowest BCUT2D eigenvalue weighted by molar-refractivity contribution is -0.130. The molecular formula is C15H21ClN2O3. The number of ether oxygens (including phenoxy) is 2. The molecule has 5 nitrogen and oxygen atoms in total. The molecule has 1 aromatic carbocycles. The Morgan fingerprint density at radius 2 is 2.05 bits per heavy atom. The monoisotopic (exact) mass is 312 g/mol. The summed E-state index contributed by atoms with van der Waals surface area (Å²) in [5, 5.41) is 0.598. The fraction of sp³-hybridized carbons (Fsp3) is 0.533. The molecule has 0 saturated carbocycles. The van der Waals surface area contributed by atoms with E-state index in [2.05, 4.69) is 0 Å². The lowest BCUT2D eigenvalue weighted by Gasteiger charge is -2.26. The second kappa shape index (κ2) is 7.22. The van der Waals surface area contributed by atoms with Crippen LogP contribution in [-0.4, -0.2) is 57.5 Å². The molecule has 21 heavy (non-hydrogen) atoms. The van der Waals surface area contributed by atoms with E-state index < -0.39 is 0 Å². The van der Waals surface area contributed by atoms with Gasteiger partial charge in [0, 0.05) is 27.3 Å². The third-order valence-electron chi connectivity index (χ3n) is 3.82.